The Hall–Kier alpha value is -1.80. The standard InChI is InChI=1S/C15H18N4S/c1-4-11(5-2)15-14(10-16)17-18-19(15)12-7-6-8-13(9-12)20-3/h6-9,11H,4-5H2,1-3H3. The average molecular weight is 286 g/mol. The van der Waals surface area contributed by atoms with Gasteiger partial charge in [0.05, 0.1) is 11.4 Å². The first kappa shape index (κ1) is 14.6. The van der Waals surface area contributed by atoms with E-state index in [9.17, 15) is 5.26 Å². The molecular formula is C15H18N4S. The zero-order chi connectivity index (χ0) is 14.5. The Morgan fingerprint density at radius 2 is 2.10 bits per heavy atom. The zero-order valence-electron chi connectivity index (χ0n) is 12.0. The Labute approximate surface area is 123 Å². The molecule has 1 heterocycles. The molecule has 0 unspecified atom stereocenters. The lowest BCUT2D eigenvalue weighted by Crippen LogP contribution is -2.08. The molecule has 2 rings (SSSR count). The van der Waals surface area contributed by atoms with Crippen molar-refractivity contribution in [3.8, 4) is 11.8 Å². The average Bonchev–Trinajstić information content (AvgIpc) is 2.92. The minimum absolute atomic E-state index is 0.303. The predicted molar refractivity (Wildman–Crippen MR) is 81.2 cm³/mol. The Balaban J connectivity index is 2.56. The summed E-state index contributed by atoms with van der Waals surface area (Å²) in [4.78, 5) is 1.17. The predicted octanol–water partition coefficient (Wildman–Crippen LogP) is 3.76. The van der Waals surface area contributed by atoms with Crippen molar-refractivity contribution in [2.45, 2.75) is 37.5 Å². The zero-order valence-corrected chi connectivity index (χ0v) is 12.8. The van der Waals surface area contributed by atoms with Gasteiger partial charge in [-0.25, -0.2) is 4.68 Å². The van der Waals surface area contributed by atoms with Crippen LogP contribution in [-0.2, 0) is 0 Å². The fourth-order valence-corrected chi connectivity index (χ4v) is 2.80. The smallest absolute Gasteiger partial charge is 0.186 e. The molecule has 0 bridgehead atoms. The first-order valence-corrected chi connectivity index (χ1v) is 7.97. The second-order valence-electron chi connectivity index (χ2n) is 4.56. The van der Waals surface area contributed by atoms with Crippen molar-refractivity contribution in [2.75, 3.05) is 6.26 Å². The first-order chi connectivity index (χ1) is 9.74. The van der Waals surface area contributed by atoms with Gasteiger partial charge in [0.2, 0.25) is 0 Å². The molecule has 5 heteroatoms. The Kier molecular flexibility index (Phi) is 4.80. The van der Waals surface area contributed by atoms with Crippen LogP contribution >= 0.6 is 11.8 Å². The van der Waals surface area contributed by atoms with Gasteiger partial charge in [0.1, 0.15) is 6.07 Å². The highest BCUT2D eigenvalue weighted by Crippen LogP contribution is 2.28. The second kappa shape index (κ2) is 6.58. The van der Waals surface area contributed by atoms with E-state index >= 15 is 0 Å². The van der Waals surface area contributed by atoms with Crippen LogP contribution < -0.4 is 0 Å². The summed E-state index contributed by atoms with van der Waals surface area (Å²) in [5.74, 6) is 0.303. The van der Waals surface area contributed by atoms with E-state index in [4.69, 9.17) is 0 Å². The topological polar surface area (TPSA) is 54.5 Å². The lowest BCUT2D eigenvalue weighted by atomic mass is 9.97. The quantitative estimate of drug-likeness (QED) is 0.785. The van der Waals surface area contributed by atoms with E-state index in [1.807, 2.05) is 23.1 Å². The lowest BCUT2D eigenvalue weighted by Gasteiger charge is -2.14. The summed E-state index contributed by atoms with van der Waals surface area (Å²) in [6.45, 7) is 4.26. The van der Waals surface area contributed by atoms with Crippen LogP contribution in [0.4, 0.5) is 0 Å². The SMILES string of the molecule is CCC(CC)c1c(C#N)nnn1-c1cccc(SC)c1. The molecule has 0 aliphatic heterocycles. The molecular weight excluding hydrogens is 268 g/mol. The van der Waals surface area contributed by atoms with Gasteiger partial charge in [0.25, 0.3) is 0 Å². The number of nitrogens with zero attached hydrogens (tertiary/aromatic N) is 4. The van der Waals surface area contributed by atoms with Crippen LogP contribution in [-0.4, -0.2) is 21.2 Å². The first-order valence-electron chi connectivity index (χ1n) is 6.75. The van der Waals surface area contributed by atoms with E-state index in [1.54, 1.807) is 11.8 Å². The fraction of sp³-hybridized carbons (Fsp3) is 0.400. The molecule has 0 saturated heterocycles. The van der Waals surface area contributed by atoms with Gasteiger partial charge < -0.3 is 0 Å². The lowest BCUT2D eigenvalue weighted by molar-refractivity contribution is 0.594. The molecule has 0 radical (unpaired) electrons. The van der Waals surface area contributed by atoms with E-state index in [-0.39, 0.29) is 0 Å². The van der Waals surface area contributed by atoms with Crippen molar-refractivity contribution in [3.05, 3.63) is 35.7 Å². The van der Waals surface area contributed by atoms with Gasteiger partial charge in [-0.15, -0.1) is 16.9 Å². The van der Waals surface area contributed by atoms with Crippen LogP contribution in [0.25, 0.3) is 5.69 Å². The number of hydrogen-bond acceptors (Lipinski definition) is 4. The van der Waals surface area contributed by atoms with Crippen LogP contribution in [0.5, 0.6) is 0 Å². The third-order valence-corrected chi connectivity index (χ3v) is 4.21. The van der Waals surface area contributed by atoms with Gasteiger partial charge in [0.15, 0.2) is 5.69 Å². The van der Waals surface area contributed by atoms with Crippen molar-refractivity contribution in [2.24, 2.45) is 0 Å². The van der Waals surface area contributed by atoms with Gasteiger partial charge in [-0.3, -0.25) is 0 Å². The summed E-state index contributed by atoms with van der Waals surface area (Å²) < 4.78 is 1.82. The monoisotopic (exact) mass is 286 g/mol. The minimum atomic E-state index is 0.303. The van der Waals surface area contributed by atoms with Gasteiger partial charge in [-0.05, 0) is 37.3 Å². The van der Waals surface area contributed by atoms with E-state index in [0.717, 1.165) is 24.2 Å². The van der Waals surface area contributed by atoms with Crippen molar-refractivity contribution >= 4 is 11.8 Å². The molecule has 0 saturated carbocycles. The maximum absolute atomic E-state index is 9.25. The number of thioether (sulfide) groups is 1. The van der Waals surface area contributed by atoms with Crippen LogP contribution in [0.3, 0.4) is 0 Å². The molecule has 0 spiro atoms. The second-order valence-corrected chi connectivity index (χ2v) is 5.44. The highest BCUT2D eigenvalue weighted by molar-refractivity contribution is 7.98. The highest BCUT2D eigenvalue weighted by atomic mass is 32.2. The third kappa shape index (κ3) is 2.70. The van der Waals surface area contributed by atoms with Gasteiger partial charge in [-0.2, -0.15) is 5.26 Å². The van der Waals surface area contributed by atoms with E-state index < -0.39 is 0 Å². The van der Waals surface area contributed by atoms with Crippen molar-refractivity contribution in [1.82, 2.24) is 15.0 Å². The molecule has 0 aliphatic rings. The molecule has 20 heavy (non-hydrogen) atoms. The highest BCUT2D eigenvalue weighted by Gasteiger charge is 2.21. The molecule has 0 amide bonds. The minimum Gasteiger partial charge on any atom is -0.216 e. The summed E-state index contributed by atoms with van der Waals surface area (Å²) in [5, 5.41) is 17.5. The van der Waals surface area contributed by atoms with Crippen molar-refractivity contribution in [1.29, 1.82) is 5.26 Å². The van der Waals surface area contributed by atoms with Crippen LogP contribution in [0.2, 0.25) is 0 Å². The largest absolute Gasteiger partial charge is 0.216 e. The normalized spacial score (nSPS) is 10.8. The summed E-state index contributed by atoms with van der Waals surface area (Å²) in [7, 11) is 0. The van der Waals surface area contributed by atoms with E-state index in [2.05, 4.69) is 42.4 Å². The number of benzene rings is 1. The third-order valence-electron chi connectivity index (χ3n) is 3.48. The van der Waals surface area contributed by atoms with Crippen LogP contribution in [0, 0.1) is 11.3 Å². The molecule has 2 aromatic rings. The molecule has 0 fully saturated rings. The Bertz CT molecular complexity index is 623. The maximum atomic E-state index is 9.25. The summed E-state index contributed by atoms with van der Waals surface area (Å²) >= 11 is 1.69. The van der Waals surface area contributed by atoms with Gasteiger partial charge in [0, 0.05) is 10.8 Å². The Morgan fingerprint density at radius 1 is 1.35 bits per heavy atom. The summed E-state index contributed by atoms with van der Waals surface area (Å²) in [5.41, 5.74) is 2.33. The van der Waals surface area contributed by atoms with Crippen molar-refractivity contribution < 1.29 is 0 Å². The van der Waals surface area contributed by atoms with Crippen LogP contribution in [0.1, 0.15) is 44.0 Å². The van der Waals surface area contributed by atoms with Crippen LogP contribution in [0.15, 0.2) is 29.2 Å². The maximum Gasteiger partial charge on any atom is 0.186 e. The van der Waals surface area contributed by atoms with Gasteiger partial charge >= 0.3 is 0 Å². The molecule has 1 aromatic heterocycles. The van der Waals surface area contributed by atoms with E-state index in [1.165, 1.54) is 4.90 Å². The molecule has 0 atom stereocenters. The molecule has 0 aliphatic carbocycles. The number of rotatable bonds is 5. The van der Waals surface area contributed by atoms with Gasteiger partial charge in [-0.1, -0.05) is 25.1 Å². The summed E-state index contributed by atoms with van der Waals surface area (Å²) in [6, 6.07) is 10.3. The number of aromatic nitrogens is 3. The summed E-state index contributed by atoms with van der Waals surface area (Å²) in [6.07, 6.45) is 3.99. The number of hydrogen-bond donors (Lipinski definition) is 0. The van der Waals surface area contributed by atoms with E-state index in [0.29, 0.717) is 11.6 Å². The number of nitriles is 1. The van der Waals surface area contributed by atoms with Crippen molar-refractivity contribution in [3.63, 3.8) is 0 Å². The molecule has 104 valence electrons. The fourth-order valence-electron chi connectivity index (χ4n) is 2.34. The molecule has 4 nitrogen and oxygen atoms in total. The Morgan fingerprint density at radius 3 is 2.70 bits per heavy atom. The molecule has 0 N–H and O–H groups in total. The molecule has 1 aromatic carbocycles.